The van der Waals surface area contributed by atoms with Crippen LogP contribution in [0.1, 0.15) is 57.8 Å². The predicted molar refractivity (Wildman–Crippen MR) is 66.7 cm³/mol. The smallest absolute Gasteiger partial charge is 0.146 e. The van der Waals surface area contributed by atoms with E-state index in [-0.39, 0.29) is 0 Å². The van der Waals surface area contributed by atoms with E-state index < -0.39 is 0 Å². The molecule has 0 saturated carbocycles. The summed E-state index contributed by atoms with van der Waals surface area (Å²) in [5.74, 6) is 2.15. The number of aliphatic hydroxyl groups excluding tert-OH is 1. The molecular formula is C13H25BO. The van der Waals surface area contributed by atoms with Crippen LogP contribution >= 0.6 is 0 Å². The number of aliphatic hydroxyl groups is 1. The van der Waals surface area contributed by atoms with Crippen LogP contribution in [-0.2, 0) is 0 Å². The first-order valence-electron chi connectivity index (χ1n) is 7.02. The highest BCUT2D eigenvalue weighted by atomic mass is 16.2. The van der Waals surface area contributed by atoms with E-state index in [0.717, 1.165) is 24.8 Å². The Morgan fingerprint density at radius 3 is 2.00 bits per heavy atom. The molecule has 0 radical (unpaired) electrons. The van der Waals surface area contributed by atoms with Gasteiger partial charge in [-0.25, -0.2) is 0 Å². The number of hydrogen-bond acceptors (Lipinski definition) is 1. The van der Waals surface area contributed by atoms with E-state index in [1.54, 1.807) is 0 Å². The van der Waals surface area contributed by atoms with Crippen molar-refractivity contribution in [1.29, 1.82) is 0 Å². The van der Waals surface area contributed by atoms with Gasteiger partial charge in [-0.2, -0.15) is 0 Å². The lowest BCUT2D eigenvalue weighted by molar-refractivity contribution is 0.284. The zero-order valence-corrected chi connectivity index (χ0v) is 9.96. The number of hydrogen-bond donors (Lipinski definition) is 1. The van der Waals surface area contributed by atoms with Gasteiger partial charge in [-0.1, -0.05) is 69.3 Å². The Hall–Kier alpha value is 0.0249. The molecule has 2 heteroatoms. The zero-order chi connectivity index (χ0) is 10.5. The van der Waals surface area contributed by atoms with Crippen LogP contribution in [0.15, 0.2) is 0 Å². The quantitative estimate of drug-likeness (QED) is 0.538. The molecular weight excluding hydrogens is 183 g/mol. The third-order valence-corrected chi connectivity index (χ3v) is 4.71. The van der Waals surface area contributed by atoms with Crippen LogP contribution in [0.25, 0.3) is 0 Å². The largest absolute Gasteiger partial charge is 0.396 e. The van der Waals surface area contributed by atoms with Crippen LogP contribution in [0.3, 0.4) is 0 Å². The fourth-order valence-electron chi connectivity index (χ4n) is 3.95. The number of rotatable bonds is 5. The van der Waals surface area contributed by atoms with Crippen molar-refractivity contribution in [3.05, 3.63) is 0 Å². The summed E-state index contributed by atoms with van der Waals surface area (Å²) in [6, 6.07) is 0. The zero-order valence-electron chi connectivity index (χ0n) is 9.96. The lowest BCUT2D eigenvalue weighted by Crippen LogP contribution is -2.34. The lowest BCUT2D eigenvalue weighted by Gasteiger charge is -2.40. The molecule has 0 aromatic heterocycles. The van der Waals surface area contributed by atoms with Crippen LogP contribution in [-0.4, -0.2) is 18.4 Å². The van der Waals surface area contributed by atoms with Gasteiger partial charge in [0.2, 0.25) is 0 Å². The Balaban J connectivity index is 1.74. The van der Waals surface area contributed by atoms with Gasteiger partial charge in [0, 0.05) is 6.61 Å². The second-order valence-corrected chi connectivity index (χ2v) is 5.62. The van der Waals surface area contributed by atoms with E-state index in [2.05, 4.69) is 0 Å². The first-order valence-corrected chi connectivity index (χ1v) is 7.02. The summed E-state index contributed by atoms with van der Waals surface area (Å²) >= 11 is 0. The van der Waals surface area contributed by atoms with Gasteiger partial charge in [0.05, 0.1) is 0 Å². The van der Waals surface area contributed by atoms with Crippen molar-refractivity contribution in [3.63, 3.8) is 0 Å². The topological polar surface area (TPSA) is 20.2 Å². The second kappa shape index (κ2) is 5.93. The van der Waals surface area contributed by atoms with Crippen LogP contribution in [0.4, 0.5) is 0 Å². The monoisotopic (exact) mass is 208 g/mol. The summed E-state index contributed by atoms with van der Waals surface area (Å²) in [6.45, 7) is 1.45. The fraction of sp³-hybridized carbons (Fsp3) is 1.00. The summed E-state index contributed by atoms with van der Waals surface area (Å²) in [4.78, 5) is 0. The fourth-order valence-corrected chi connectivity index (χ4v) is 3.95. The van der Waals surface area contributed by atoms with Crippen molar-refractivity contribution in [2.45, 2.75) is 75.7 Å². The molecule has 1 N–H and O–H groups in total. The average molecular weight is 208 g/mol. The molecule has 15 heavy (non-hydrogen) atoms. The van der Waals surface area contributed by atoms with E-state index in [0.29, 0.717) is 6.61 Å². The normalized spacial score (nSPS) is 30.6. The van der Waals surface area contributed by atoms with Crippen molar-refractivity contribution < 1.29 is 5.11 Å². The van der Waals surface area contributed by atoms with E-state index in [4.69, 9.17) is 5.11 Å². The molecule has 2 fully saturated rings. The maximum atomic E-state index is 8.76. The summed E-state index contributed by atoms with van der Waals surface area (Å²) in [5.41, 5.74) is 0. The molecule has 0 atom stereocenters. The Morgan fingerprint density at radius 2 is 1.47 bits per heavy atom. The second-order valence-electron chi connectivity index (χ2n) is 5.62. The van der Waals surface area contributed by atoms with Gasteiger partial charge in [-0.05, 0) is 6.42 Å². The van der Waals surface area contributed by atoms with Crippen molar-refractivity contribution in [2.75, 3.05) is 6.61 Å². The van der Waals surface area contributed by atoms with Gasteiger partial charge in [0.15, 0.2) is 0 Å². The van der Waals surface area contributed by atoms with Crippen LogP contribution < -0.4 is 0 Å². The highest BCUT2D eigenvalue weighted by Crippen LogP contribution is 2.48. The average Bonchev–Trinajstić information content (AvgIpc) is 2.24. The number of fused-ring (bicyclic) bond motifs is 2. The van der Waals surface area contributed by atoms with Crippen LogP contribution in [0, 0.1) is 0 Å². The van der Waals surface area contributed by atoms with Crippen molar-refractivity contribution in [3.8, 4) is 0 Å². The highest BCUT2D eigenvalue weighted by molar-refractivity contribution is 6.62. The van der Waals surface area contributed by atoms with Gasteiger partial charge in [0.25, 0.3) is 0 Å². The van der Waals surface area contributed by atoms with Gasteiger partial charge >= 0.3 is 0 Å². The first kappa shape index (κ1) is 11.5. The molecule has 86 valence electrons. The Kier molecular flexibility index (Phi) is 4.55. The van der Waals surface area contributed by atoms with Crippen molar-refractivity contribution >= 4 is 6.71 Å². The minimum absolute atomic E-state index is 0.386. The third kappa shape index (κ3) is 2.99. The molecule has 0 aromatic carbocycles. The molecule has 1 nitrogen and oxygen atoms in total. The molecule has 0 aromatic rings. The molecule has 2 saturated heterocycles. The standard InChI is InChI=1S/C13H25BO/c15-11-3-1-2-10-14-12-6-4-7-13(14)9-5-8-12/h12-13,15H,1-11H2. The van der Waals surface area contributed by atoms with Gasteiger partial charge in [-0.15, -0.1) is 0 Å². The molecule has 2 heterocycles. The van der Waals surface area contributed by atoms with Gasteiger partial charge < -0.3 is 5.11 Å². The Morgan fingerprint density at radius 1 is 0.867 bits per heavy atom. The summed E-state index contributed by atoms with van der Waals surface area (Å²) in [7, 11) is 0. The van der Waals surface area contributed by atoms with E-state index in [9.17, 15) is 0 Å². The van der Waals surface area contributed by atoms with Crippen molar-refractivity contribution in [1.82, 2.24) is 0 Å². The molecule has 0 unspecified atom stereocenters. The minimum atomic E-state index is 0.386. The number of unbranched alkanes of at least 4 members (excludes halogenated alkanes) is 2. The van der Waals surface area contributed by atoms with E-state index in [1.165, 1.54) is 57.7 Å². The van der Waals surface area contributed by atoms with Crippen molar-refractivity contribution in [2.24, 2.45) is 0 Å². The molecule has 0 amide bonds. The van der Waals surface area contributed by atoms with Crippen LogP contribution in [0.2, 0.25) is 18.0 Å². The molecule has 2 bridgehead atoms. The molecule has 2 rings (SSSR count). The third-order valence-electron chi connectivity index (χ3n) is 4.71. The summed E-state index contributed by atoms with van der Waals surface area (Å²) < 4.78 is 0. The Labute approximate surface area is 94.7 Å². The maximum Gasteiger partial charge on any atom is 0.146 e. The predicted octanol–water partition coefficient (Wildman–Crippen LogP) is 3.75. The first-order chi connectivity index (χ1) is 7.42. The van der Waals surface area contributed by atoms with Gasteiger partial charge in [-0.3, -0.25) is 0 Å². The minimum Gasteiger partial charge on any atom is -0.396 e. The molecule has 2 aliphatic heterocycles. The maximum absolute atomic E-state index is 8.76. The molecule has 0 aliphatic carbocycles. The van der Waals surface area contributed by atoms with Crippen LogP contribution in [0.5, 0.6) is 0 Å². The summed E-state index contributed by atoms with van der Waals surface area (Å²) in [6.07, 6.45) is 14.1. The highest BCUT2D eigenvalue weighted by Gasteiger charge is 2.37. The molecule has 0 spiro atoms. The van der Waals surface area contributed by atoms with Gasteiger partial charge in [0.1, 0.15) is 6.71 Å². The molecule has 2 aliphatic rings. The lowest BCUT2D eigenvalue weighted by atomic mass is 9.26. The Bertz CT molecular complexity index is 161. The SMILES string of the molecule is OCCCCCB1C2CCCC1CCC2. The van der Waals surface area contributed by atoms with E-state index >= 15 is 0 Å². The van der Waals surface area contributed by atoms with E-state index in [1.807, 2.05) is 0 Å². The summed E-state index contributed by atoms with van der Waals surface area (Å²) in [5, 5.41) is 8.76.